The Morgan fingerprint density at radius 1 is 1.21 bits per heavy atom. The van der Waals surface area contributed by atoms with E-state index in [1.54, 1.807) is 12.1 Å². The summed E-state index contributed by atoms with van der Waals surface area (Å²) in [6, 6.07) is 13.9. The van der Waals surface area contributed by atoms with Crippen LogP contribution in [0.2, 0.25) is 0 Å². The molecule has 3 aromatic rings. The van der Waals surface area contributed by atoms with Crippen LogP contribution in [0.3, 0.4) is 0 Å². The SMILES string of the molecule is Cc1cnc(-c2ccccc2)n1C1CCN(C(=O)c2ccco2)C1. The van der Waals surface area contributed by atoms with Crippen molar-refractivity contribution >= 4 is 5.91 Å². The van der Waals surface area contributed by atoms with Crippen LogP contribution in [0.1, 0.15) is 28.7 Å². The topological polar surface area (TPSA) is 51.3 Å². The fourth-order valence-corrected chi connectivity index (χ4v) is 3.40. The predicted molar refractivity (Wildman–Crippen MR) is 90.7 cm³/mol. The molecule has 1 fully saturated rings. The van der Waals surface area contributed by atoms with Gasteiger partial charge in [0.15, 0.2) is 5.76 Å². The number of rotatable bonds is 3. The standard InChI is InChI=1S/C19H19N3O2/c1-14-12-20-18(15-6-3-2-4-7-15)22(14)16-9-10-21(13-16)19(23)17-8-5-11-24-17/h2-8,11-12,16H,9-10,13H2,1H3. The van der Waals surface area contributed by atoms with Crippen LogP contribution in [0.5, 0.6) is 0 Å². The molecule has 1 saturated heterocycles. The number of imidazole rings is 1. The van der Waals surface area contributed by atoms with E-state index >= 15 is 0 Å². The van der Waals surface area contributed by atoms with Crippen LogP contribution in [0.4, 0.5) is 0 Å². The second-order valence-corrected chi connectivity index (χ2v) is 6.13. The van der Waals surface area contributed by atoms with Gasteiger partial charge in [0.1, 0.15) is 5.82 Å². The van der Waals surface area contributed by atoms with Crippen molar-refractivity contribution in [3.05, 3.63) is 66.4 Å². The highest BCUT2D eigenvalue weighted by Gasteiger charge is 2.31. The van der Waals surface area contributed by atoms with Crippen LogP contribution in [0.15, 0.2) is 59.3 Å². The van der Waals surface area contributed by atoms with E-state index in [-0.39, 0.29) is 11.9 Å². The maximum absolute atomic E-state index is 12.5. The number of aromatic nitrogens is 2. The summed E-state index contributed by atoms with van der Waals surface area (Å²) < 4.78 is 7.49. The van der Waals surface area contributed by atoms with E-state index in [4.69, 9.17) is 4.42 Å². The lowest BCUT2D eigenvalue weighted by atomic mass is 10.2. The Balaban J connectivity index is 1.60. The summed E-state index contributed by atoms with van der Waals surface area (Å²) >= 11 is 0. The molecule has 122 valence electrons. The van der Waals surface area contributed by atoms with Crippen LogP contribution in [0.25, 0.3) is 11.4 Å². The highest BCUT2D eigenvalue weighted by molar-refractivity contribution is 5.91. The van der Waals surface area contributed by atoms with Crippen LogP contribution < -0.4 is 0 Å². The van der Waals surface area contributed by atoms with Crippen LogP contribution in [-0.4, -0.2) is 33.4 Å². The van der Waals surface area contributed by atoms with Crippen molar-refractivity contribution < 1.29 is 9.21 Å². The second-order valence-electron chi connectivity index (χ2n) is 6.13. The van der Waals surface area contributed by atoms with E-state index in [2.05, 4.69) is 28.6 Å². The average molecular weight is 321 g/mol. The molecule has 1 aromatic carbocycles. The van der Waals surface area contributed by atoms with Crippen molar-refractivity contribution in [2.75, 3.05) is 13.1 Å². The number of benzene rings is 1. The fourth-order valence-electron chi connectivity index (χ4n) is 3.40. The molecule has 1 aliphatic heterocycles. The maximum Gasteiger partial charge on any atom is 0.289 e. The minimum absolute atomic E-state index is 0.0403. The monoisotopic (exact) mass is 321 g/mol. The number of amides is 1. The Bertz CT molecular complexity index is 837. The Hall–Kier alpha value is -2.82. The third-order valence-electron chi connectivity index (χ3n) is 4.56. The molecule has 4 rings (SSSR count). The van der Waals surface area contributed by atoms with E-state index in [1.165, 1.54) is 6.26 Å². The molecule has 0 bridgehead atoms. The predicted octanol–water partition coefficient (Wildman–Crippen LogP) is 3.54. The van der Waals surface area contributed by atoms with Gasteiger partial charge in [0.25, 0.3) is 5.91 Å². The third kappa shape index (κ3) is 2.52. The smallest absolute Gasteiger partial charge is 0.289 e. The maximum atomic E-state index is 12.5. The van der Waals surface area contributed by atoms with Gasteiger partial charge in [-0.05, 0) is 25.5 Å². The first kappa shape index (κ1) is 14.8. The zero-order valence-electron chi connectivity index (χ0n) is 13.6. The molecule has 0 N–H and O–H groups in total. The molecule has 0 aliphatic carbocycles. The number of hydrogen-bond acceptors (Lipinski definition) is 3. The molecule has 24 heavy (non-hydrogen) atoms. The number of likely N-dealkylation sites (tertiary alicyclic amines) is 1. The molecule has 1 atom stereocenters. The molecule has 1 unspecified atom stereocenters. The second kappa shape index (κ2) is 6.00. The molecule has 5 heteroatoms. The van der Waals surface area contributed by atoms with Gasteiger partial charge in [-0.15, -0.1) is 0 Å². The number of carbonyl (C=O) groups excluding carboxylic acids is 1. The van der Waals surface area contributed by atoms with Crippen molar-refractivity contribution in [1.29, 1.82) is 0 Å². The van der Waals surface area contributed by atoms with Gasteiger partial charge in [-0.25, -0.2) is 4.98 Å². The van der Waals surface area contributed by atoms with Gasteiger partial charge in [0, 0.05) is 30.5 Å². The molecule has 2 aromatic heterocycles. The lowest BCUT2D eigenvalue weighted by molar-refractivity contribution is 0.0756. The van der Waals surface area contributed by atoms with E-state index in [9.17, 15) is 4.79 Å². The summed E-state index contributed by atoms with van der Waals surface area (Å²) in [4.78, 5) is 18.9. The lowest BCUT2D eigenvalue weighted by Crippen LogP contribution is -2.29. The van der Waals surface area contributed by atoms with Crippen LogP contribution in [-0.2, 0) is 0 Å². The van der Waals surface area contributed by atoms with Gasteiger partial charge in [-0.3, -0.25) is 4.79 Å². The first-order valence-corrected chi connectivity index (χ1v) is 8.16. The summed E-state index contributed by atoms with van der Waals surface area (Å²) in [7, 11) is 0. The van der Waals surface area contributed by atoms with Gasteiger partial charge in [0.2, 0.25) is 0 Å². The minimum atomic E-state index is -0.0403. The van der Waals surface area contributed by atoms with Gasteiger partial charge in [0.05, 0.1) is 12.3 Å². The largest absolute Gasteiger partial charge is 0.459 e. The summed E-state index contributed by atoms with van der Waals surface area (Å²) in [6.07, 6.45) is 4.36. The Morgan fingerprint density at radius 2 is 2.04 bits per heavy atom. The lowest BCUT2D eigenvalue weighted by Gasteiger charge is -2.19. The Labute approximate surface area is 140 Å². The summed E-state index contributed by atoms with van der Waals surface area (Å²) in [5.74, 6) is 1.33. The first-order chi connectivity index (χ1) is 11.7. The van der Waals surface area contributed by atoms with Crippen LogP contribution in [0, 0.1) is 6.92 Å². The first-order valence-electron chi connectivity index (χ1n) is 8.16. The molecule has 0 radical (unpaired) electrons. The van der Waals surface area contributed by atoms with Gasteiger partial charge >= 0.3 is 0 Å². The van der Waals surface area contributed by atoms with E-state index < -0.39 is 0 Å². The number of nitrogens with zero attached hydrogens (tertiary/aromatic N) is 3. The molecule has 0 saturated carbocycles. The molecule has 0 spiro atoms. The summed E-state index contributed by atoms with van der Waals surface area (Å²) in [5, 5.41) is 0. The van der Waals surface area contributed by atoms with Crippen molar-refractivity contribution in [3.8, 4) is 11.4 Å². The number of carbonyl (C=O) groups is 1. The summed E-state index contributed by atoms with van der Waals surface area (Å²) in [6.45, 7) is 3.48. The third-order valence-corrected chi connectivity index (χ3v) is 4.56. The van der Waals surface area contributed by atoms with E-state index in [0.29, 0.717) is 12.3 Å². The van der Waals surface area contributed by atoms with Crippen molar-refractivity contribution in [2.45, 2.75) is 19.4 Å². The molecular weight excluding hydrogens is 302 g/mol. The molecule has 3 heterocycles. The van der Waals surface area contributed by atoms with E-state index in [1.807, 2.05) is 29.3 Å². The summed E-state index contributed by atoms with van der Waals surface area (Å²) in [5.41, 5.74) is 2.22. The number of furan rings is 1. The Morgan fingerprint density at radius 3 is 2.79 bits per heavy atom. The quantitative estimate of drug-likeness (QED) is 0.741. The zero-order valence-corrected chi connectivity index (χ0v) is 13.6. The minimum Gasteiger partial charge on any atom is -0.459 e. The molecule has 5 nitrogen and oxygen atoms in total. The van der Waals surface area contributed by atoms with Gasteiger partial charge in [-0.2, -0.15) is 0 Å². The zero-order chi connectivity index (χ0) is 16.5. The van der Waals surface area contributed by atoms with Crippen molar-refractivity contribution in [3.63, 3.8) is 0 Å². The van der Waals surface area contributed by atoms with Crippen LogP contribution >= 0.6 is 0 Å². The molecule has 1 aliphatic rings. The van der Waals surface area contributed by atoms with Crippen molar-refractivity contribution in [2.24, 2.45) is 0 Å². The molecular formula is C19H19N3O2. The Kier molecular flexibility index (Phi) is 3.69. The normalized spacial score (nSPS) is 17.4. The number of hydrogen-bond donors (Lipinski definition) is 0. The fraction of sp³-hybridized carbons (Fsp3) is 0.263. The van der Waals surface area contributed by atoms with E-state index in [0.717, 1.165) is 30.0 Å². The van der Waals surface area contributed by atoms with Gasteiger partial charge < -0.3 is 13.9 Å². The van der Waals surface area contributed by atoms with Gasteiger partial charge in [-0.1, -0.05) is 30.3 Å². The highest BCUT2D eigenvalue weighted by Crippen LogP contribution is 2.30. The number of aryl methyl sites for hydroxylation is 1. The highest BCUT2D eigenvalue weighted by atomic mass is 16.3. The average Bonchev–Trinajstić information content (AvgIpc) is 3.35. The molecule has 1 amide bonds. The van der Waals surface area contributed by atoms with Crippen molar-refractivity contribution in [1.82, 2.24) is 14.5 Å².